The number of amides is 1. The van der Waals surface area contributed by atoms with Gasteiger partial charge in [-0.25, -0.2) is 13.1 Å². The molecule has 32 heavy (non-hydrogen) atoms. The molecule has 1 saturated heterocycles. The highest BCUT2D eigenvalue weighted by atomic mass is 32.2. The molecule has 2 unspecified atom stereocenters. The predicted octanol–water partition coefficient (Wildman–Crippen LogP) is 2.91. The summed E-state index contributed by atoms with van der Waals surface area (Å²) >= 11 is 0. The minimum atomic E-state index is -3.58. The lowest BCUT2D eigenvalue weighted by atomic mass is 10.1. The topological polar surface area (TPSA) is 87.7 Å². The number of hydrogen-bond acceptors (Lipinski definition) is 5. The Bertz CT molecular complexity index is 1010. The normalized spacial score (nSPS) is 18.3. The van der Waals surface area contributed by atoms with Crippen LogP contribution in [0.1, 0.15) is 48.7 Å². The van der Waals surface area contributed by atoms with E-state index >= 15 is 0 Å². The molecule has 0 radical (unpaired) electrons. The molecule has 174 valence electrons. The number of benzene rings is 2. The van der Waals surface area contributed by atoms with Gasteiger partial charge in [-0.3, -0.25) is 9.69 Å². The molecule has 3 rings (SSSR count). The predicted molar refractivity (Wildman–Crippen MR) is 125 cm³/mol. The van der Waals surface area contributed by atoms with E-state index in [1.165, 1.54) is 29.8 Å². The number of carbonyl (C=O) groups is 1. The number of rotatable bonds is 9. The lowest BCUT2D eigenvalue weighted by Gasteiger charge is -2.31. The molecule has 1 amide bonds. The second-order valence-electron chi connectivity index (χ2n) is 8.37. The van der Waals surface area contributed by atoms with E-state index in [0.717, 1.165) is 31.8 Å². The van der Waals surface area contributed by atoms with Crippen LogP contribution in [0.5, 0.6) is 0 Å². The van der Waals surface area contributed by atoms with Crippen molar-refractivity contribution in [3.05, 3.63) is 65.2 Å². The molecule has 2 aromatic rings. The van der Waals surface area contributed by atoms with Crippen molar-refractivity contribution in [3.8, 4) is 0 Å². The second-order valence-corrected chi connectivity index (χ2v) is 10.1. The Balaban J connectivity index is 1.56. The Labute approximate surface area is 191 Å². The van der Waals surface area contributed by atoms with Gasteiger partial charge in [0.05, 0.1) is 17.6 Å². The van der Waals surface area contributed by atoms with Crippen LogP contribution in [0, 0.1) is 0 Å². The van der Waals surface area contributed by atoms with E-state index in [2.05, 4.69) is 34.0 Å². The fourth-order valence-electron chi connectivity index (χ4n) is 3.62. The zero-order valence-corrected chi connectivity index (χ0v) is 19.8. The van der Waals surface area contributed by atoms with Crippen LogP contribution in [0.4, 0.5) is 0 Å². The average molecular weight is 460 g/mol. The summed E-state index contributed by atoms with van der Waals surface area (Å²) in [5, 5.41) is 2.92. The summed E-state index contributed by atoms with van der Waals surface area (Å²) in [5.74, 6) is -0.240. The first-order chi connectivity index (χ1) is 15.3. The molecule has 0 spiro atoms. The van der Waals surface area contributed by atoms with E-state index in [4.69, 9.17) is 4.74 Å². The van der Waals surface area contributed by atoms with Crippen LogP contribution in [-0.4, -0.2) is 51.1 Å². The van der Waals surface area contributed by atoms with Crippen molar-refractivity contribution in [2.75, 3.05) is 19.7 Å². The molecule has 0 aliphatic carbocycles. The van der Waals surface area contributed by atoms with Gasteiger partial charge in [-0.2, -0.15) is 0 Å². The van der Waals surface area contributed by atoms with Crippen molar-refractivity contribution in [2.24, 2.45) is 0 Å². The van der Waals surface area contributed by atoms with E-state index in [1.54, 1.807) is 0 Å². The highest BCUT2D eigenvalue weighted by Crippen LogP contribution is 2.14. The molecular formula is C24H33N3O4S. The monoisotopic (exact) mass is 459 g/mol. The summed E-state index contributed by atoms with van der Waals surface area (Å²) in [4.78, 5) is 15.1. The number of morpholine rings is 1. The Morgan fingerprint density at radius 3 is 2.59 bits per heavy atom. The zero-order valence-electron chi connectivity index (χ0n) is 19.0. The van der Waals surface area contributed by atoms with Gasteiger partial charge >= 0.3 is 0 Å². The first-order valence-electron chi connectivity index (χ1n) is 11.1. The molecular weight excluding hydrogens is 426 g/mol. The van der Waals surface area contributed by atoms with Gasteiger partial charge in [0.1, 0.15) is 0 Å². The summed E-state index contributed by atoms with van der Waals surface area (Å²) in [7, 11) is -3.58. The third kappa shape index (κ3) is 6.87. The first kappa shape index (κ1) is 24.4. The number of carbonyl (C=O) groups excluding carboxylic acids is 1. The zero-order chi connectivity index (χ0) is 23.1. The Morgan fingerprint density at radius 1 is 1.19 bits per heavy atom. The van der Waals surface area contributed by atoms with Crippen LogP contribution in [0.3, 0.4) is 0 Å². The molecule has 1 heterocycles. The van der Waals surface area contributed by atoms with Crippen molar-refractivity contribution >= 4 is 15.9 Å². The van der Waals surface area contributed by atoms with Crippen molar-refractivity contribution in [3.63, 3.8) is 0 Å². The smallest absolute Gasteiger partial charge is 0.251 e. The minimum Gasteiger partial charge on any atom is -0.376 e. The van der Waals surface area contributed by atoms with Crippen LogP contribution in [0.25, 0.3) is 0 Å². The molecule has 2 N–H and O–H groups in total. The molecule has 2 aromatic carbocycles. The Hall–Kier alpha value is -2.26. The van der Waals surface area contributed by atoms with Gasteiger partial charge in [0.15, 0.2) is 0 Å². The van der Waals surface area contributed by atoms with E-state index < -0.39 is 10.0 Å². The summed E-state index contributed by atoms with van der Waals surface area (Å²) in [6.07, 6.45) is 0.949. The average Bonchev–Trinajstić information content (AvgIpc) is 2.77. The van der Waals surface area contributed by atoms with Gasteiger partial charge in [0.25, 0.3) is 5.91 Å². The van der Waals surface area contributed by atoms with Gasteiger partial charge in [0, 0.05) is 37.8 Å². The van der Waals surface area contributed by atoms with E-state index in [0.29, 0.717) is 18.5 Å². The van der Waals surface area contributed by atoms with Crippen molar-refractivity contribution in [1.82, 2.24) is 14.9 Å². The van der Waals surface area contributed by atoms with Crippen LogP contribution >= 0.6 is 0 Å². The fraction of sp³-hybridized carbons (Fsp3) is 0.458. The van der Waals surface area contributed by atoms with Crippen molar-refractivity contribution < 1.29 is 17.9 Å². The van der Waals surface area contributed by atoms with Crippen LogP contribution in [0.2, 0.25) is 0 Å². The lowest BCUT2D eigenvalue weighted by molar-refractivity contribution is -0.0212. The molecule has 8 heteroatoms. The maximum Gasteiger partial charge on any atom is 0.251 e. The molecule has 0 bridgehead atoms. The summed E-state index contributed by atoms with van der Waals surface area (Å²) in [6.45, 7) is 9.67. The number of hydrogen-bond donors (Lipinski definition) is 2. The van der Waals surface area contributed by atoms with Crippen molar-refractivity contribution in [2.45, 2.75) is 57.3 Å². The fourth-order valence-corrected chi connectivity index (χ4v) is 4.94. The Kier molecular flexibility index (Phi) is 8.42. The molecule has 1 aliphatic heterocycles. The van der Waals surface area contributed by atoms with Gasteiger partial charge in [0.2, 0.25) is 10.0 Å². The third-order valence-electron chi connectivity index (χ3n) is 5.57. The molecule has 1 aliphatic rings. The van der Waals surface area contributed by atoms with E-state index in [1.807, 2.05) is 26.0 Å². The first-order valence-corrected chi connectivity index (χ1v) is 12.6. The van der Waals surface area contributed by atoms with Crippen molar-refractivity contribution in [1.29, 1.82) is 0 Å². The van der Waals surface area contributed by atoms with Gasteiger partial charge in [-0.1, -0.05) is 31.2 Å². The second kappa shape index (κ2) is 11.0. The SMILES string of the molecule is CCC(C)NS(=O)(=O)c1ccc(C(=O)NCc2cccc(CN3CCOC(C)C3)c2)cc1. The number of ether oxygens (including phenoxy) is 1. The number of sulfonamides is 1. The van der Waals surface area contributed by atoms with E-state index in [-0.39, 0.29) is 22.9 Å². The molecule has 0 saturated carbocycles. The Morgan fingerprint density at radius 2 is 1.91 bits per heavy atom. The highest BCUT2D eigenvalue weighted by molar-refractivity contribution is 7.89. The summed E-state index contributed by atoms with van der Waals surface area (Å²) in [6, 6.07) is 14.0. The quantitative estimate of drug-likeness (QED) is 0.602. The summed E-state index contributed by atoms with van der Waals surface area (Å²) < 4.78 is 32.9. The molecule has 2 atom stereocenters. The molecule has 7 nitrogen and oxygen atoms in total. The number of nitrogens with zero attached hydrogens (tertiary/aromatic N) is 1. The summed E-state index contributed by atoms with van der Waals surface area (Å²) in [5.41, 5.74) is 2.65. The third-order valence-corrected chi connectivity index (χ3v) is 7.18. The number of nitrogens with one attached hydrogen (secondary N) is 2. The molecule has 1 fully saturated rings. The van der Waals surface area contributed by atoms with Gasteiger partial charge in [-0.15, -0.1) is 0 Å². The van der Waals surface area contributed by atoms with Crippen LogP contribution in [0.15, 0.2) is 53.4 Å². The van der Waals surface area contributed by atoms with Gasteiger partial charge < -0.3 is 10.1 Å². The standard InChI is InChI=1S/C24H33N3O4S/c1-4-18(2)26-32(29,30)23-10-8-22(9-11-23)24(28)25-15-20-6-5-7-21(14-20)17-27-12-13-31-19(3)16-27/h5-11,14,18-19,26H,4,12-13,15-17H2,1-3H3,(H,25,28). The maximum absolute atomic E-state index is 12.5. The van der Waals surface area contributed by atoms with Gasteiger partial charge in [-0.05, 0) is 55.7 Å². The highest BCUT2D eigenvalue weighted by Gasteiger charge is 2.18. The maximum atomic E-state index is 12.5. The van der Waals surface area contributed by atoms with E-state index in [9.17, 15) is 13.2 Å². The minimum absolute atomic E-state index is 0.148. The molecule has 0 aromatic heterocycles. The lowest BCUT2D eigenvalue weighted by Crippen LogP contribution is -2.40. The van der Waals surface area contributed by atoms with Crippen LogP contribution in [-0.2, 0) is 27.8 Å². The van der Waals surface area contributed by atoms with Crippen LogP contribution < -0.4 is 10.0 Å². The largest absolute Gasteiger partial charge is 0.376 e.